The molecule has 0 radical (unpaired) electrons. The van der Waals surface area contributed by atoms with E-state index in [1.807, 2.05) is 24.3 Å². The maximum atomic E-state index is 12.8. The number of carbonyl (C=O) groups is 1. The number of carbonyl (C=O) groups excluding carboxylic acids is 1. The normalized spacial score (nSPS) is 17.1. The van der Waals surface area contributed by atoms with Crippen LogP contribution in [0, 0.1) is 16.7 Å². The molecule has 0 N–H and O–H groups in total. The number of para-hydroxylation sites is 2. The fourth-order valence-electron chi connectivity index (χ4n) is 2.87. The Bertz CT molecular complexity index is 528. The van der Waals surface area contributed by atoms with Gasteiger partial charge in [0.25, 0.3) is 0 Å². The zero-order valence-corrected chi connectivity index (χ0v) is 12.1. The molecule has 0 bridgehead atoms. The predicted molar refractivity (Wildman–Crippen MR) is 77.5 cm³/mol. The number of ether oxygens (including phenoxy) is 1. The van der Waals surface area contributed by atoms with E-state index in [4.69, 9.17) is 4.74 Å². The first kappa shape index (κ1) is 14.4. The Morgan fingerprint density at radius 1 is 1.30 bits per heavy atom. The lowest BCUT2D eigenvalue weighted by Gasteiger charge is -2.33. The van der Waals surface area contributed by atoms with Crippen LogP contribution in [0.5, 0.6) is 5.75 Å². The van der Waals surface area contributed by atoms with Gasteiger partial charge in [-0.1, -0.05) is 31.4 Å². The summed E-state index contributed by atoms with van der Waals surface area (Å²) in [7, 11) is 3.30. The minimum Gasteiger partial charge on any atom is -0.495 e. The molecule has 0 aromatic heterocycles. The molecule has 0 unspecified atom stereocenters. The minimum atomic E-state index is -0.867. The lowest BCUT2D eigenvalue weighted by Crippen LogP contribution is -2.42. The van der Waals surface area contributed by atoms with Crippen LogP contribution in [0.2, 0.25) is 0 Å². The van der Waals surface area contributed by atoms with E-state index >= 15 is 0 Å². The highest BCUT2D eigenvalue weighted by Gasteiger charge is 2.42. The standard InChI is InChI=1S/C16H20N2O2/c1-18(13-8-4-5-9-14(13)20-2)15(19)16(12-17)10-6-3-7-11-16/h4-5,8-9H,3,6-7,10-11H2,1-2H3. The topological polar surface area (TPSA) is 53.3 Å². The zero-order valence-electron chi connectivity index (χ0n) is 12.1. The third-order valence-corrected chi connectivity index (χ3v) is 4.08. The van der Waals surface area contributed by atoms with Gasteiger partial charge < -0.3 is 9.64 Å². The van der Waals surface area contributed by atoms with Crippen LogP contribution in [0.4, 0.5) is 5.69 Å². The van der Waals surface area contributed by atoms with Crippen molar-refractivity contribution in [2.75, 3.05) is 19.1 Å². The maximum absolute atomic E-state index is 12.8. The van der Waals surface area contributed by atoms with E-state index < -0.39 is 5.41 Å². The van der Waals surface area contributed by atoms with E-state index in [0.29, 0.717) is 24.3 Å². The second kappa shape index (κ2) is 5.96. The maximum Gasteiger partial charge on any atom is 0.247 e. The Labute approximate surface area is 120 Å². The molecule has 0 aliphatic heterocycles. The first-order valence-electron chi connectivity index (χ1n) is 6.97. The van der Waals surface area contributed by atoms with Crippen LogP contribution < -0.4 is 9.64 Å². The highest BCUT2D eigenvalue weighted by atomic mass is 16.5. The quantitative estimate of drug-likeness (QED) is 0.849. The molecular weight excluding hydrogens is 252 g/mol. The zero-order chi connectivity index (χ0) is 14.6. The van der Waals surface area contributed by atoms with Crippen LogP contribution in [0.3, 0.4) is 0 Å². The Balaban J connectivity index is 2.30. The van der Waals surface area contributed by atoms with E-state index in [9.17, 15) is 10.1 Å². The second-order valence-electron chi connectivity index (χ2n) is 5.29. The van der Waals surface area contributed by atoms with Crippen molar-refractivity contribution in [2.45, 2.75) is 32.1 Å². The molecule has 1 fully saturated rings. The summed E-state index contributed by atoms with van der Waals surface area (Å²) >= 11 is 0. The molecule has 0 spiro atoms. The molecule has 0 saturated heterocycles. The summed E-state index contributed by atoms with van der Waals surface area (Å²) in [6, 6.07) is 9.65. The van der Waals surface area contributed by atoms with E-state index in [1.54, 1.807) is 19.1 Å². The van der Waals surface area contributed by atoms with Crippen molar-refractivity contribution >= 4 is 11.6 Å². The molecule has 2 rings (SSSR count). The van der Waals surface area contributed by atoms with Gasteiger partial charge in [-0.2, -0.15) is 5.26 Å². The number of nitrogens with zero attached hydrogens (tertiary/aromatic N) is 2. The summed E-state index contributed by atoms with van der Waals surface area (Å²) < 4.78 is 5.29. The van der Waals surface area contributed by atoms with Gasteiger partial charge in [-0.25, -0.2) is 0 Å². The van der Waals surface area contributed by atoms with Gasteiger partial charge in [-0.15, -0.1) is 0 Å². The predicted octanol–water partition coefficient (Wildman–Crippen LogP) is 3.13. The van der Waals surface area contributed by atoms with Crippen molar-refractivity contribution in [3.63, 3.8) is 0 Å². The molecule has 0 heterocycles. The molecule has 4 nitrogen and oxygen atoms in total. The van der Waals surface area contributed by atoms with Crippen molar-refractivity contribution in [3.8, 4) is 11.8 Å². The Hall–Kier alpha value is -2.02. The molecule has 106 valence electrons. The first-order valence-corrected chi connectivity index (χ1v) is 6.97. The summed E-state index contributed by atoms with van der Waals surface area (Å²) in [6.45, 7) is 0. The summed E-state index contributed by atoms with van der Waals surface area (Å²) in [4.78, 5) is 14.3. The fourth-order valence-corrected chi connectivity index (χ4v) is 2.87. The van der Waals surface area contributed by atoms with Crippen LogP contribution in [0.1, 0.15) is 32.1 Å². The average molecular weight is 272 g/mol. The van der Waals surface area contributed by atoms with Crippen molar-refractivity contribution < 1.29 is 9.53 Å². The summed E-state index contributed by atoms with van der Waals surface area (Å²) in [6.07, 6.45) is 4.30. The number of hydrogen-bond acceptors (Lipinski definition) is 3. The fraction of sp³-hybridized carbons (Fsp3) is 0.500. The van der Waals surface area contributed by atoms with Gasteiger partial charge in [0.05, 0.1) is 18.9 Å². The minimum absolute atomic E-state index is 0.121. The van der Waals surface area contributed by atoms with Gasteiger partial charge >= 0.3 is 0 Å². The number of benzene rings is 1. The van der Waals surface area contributed by atoms with E-state index in [-0.39, 0.29) is 5.91 Å². The van der Waals surface area contributed by atoms with Gasteiger partial charge in [-0.05, 0) is 25.0 Å². The number of hydrogen-bond donors (Lipinski definition) is 0. The number of amides is 1. The molecular formula is C16H20N2O2. The van der Waals surface area contributed by atoms with Crippen LogP contribution in [0.15, 0.2) is 24.3 Å². The molecule has 1 aromatic carbocycles. The smallest absolute Gasteiger partial charge is 0.247 e. The van der Waals surface area contributed by atoms with E-state index in [0.717, 1.165) is 19.3 Å². The summed E-state index contributed by atoms with van der Waals surface area (Å²) in [5.41, 5.74) is -0.159. The SMILES string of the molecule is COc1ccccc1N(C)C(=O)C1(C#N)CCCCC1. The molecule has 1 amide bonds. The molecule has 1 aliphatic rings. The number of nitriles is 1. The van der Waals surface area contributed by atoms with Gasteiger partial charge in [-0.3, -0.25) is 4.79 Å². The monoisotopic (exact) mass is 272 g/mol. The molecule has 0 atom stereocenters. The number of anilines is 1. The first-order chi connectivity index (χ1) is 9.64. The molecule has 1 aromatic rings. The highest BCUT2D eigenvalue weighted by molar-refractivity contribution is 6.00. The van der Waals surface area contributed by atoms with Crippen molar-refractivity contribution in [1.29, 1.82) is 5.26 Å². The average Bonchev–Trinajstić information content (AvgIpc) is 2.54. The molecule has 4 heteroatoms. The summed E-state index contributed by atoms with van der Waals surface area (Å²) in [5.74, 6) is 0.524. The van der Waals surface area contributed by atoms with E-state index in [2.05, 4.69) is 6.07 Å². The molecule has 1 saturated carbocycles. The molecule has 20 heavy (non-hydrogen) atoms. The van der Waals surface area contributed by atoms with Crippen LogP contribution in [0.25, 0.3) is 0 Å². The van der Waals surface area contributed by atoms with Gasteiger partial charge in [0, 0.05) is 7.05 Å². The Morgan fingerprint density at radius 3 is 2.55 bits per heavy atom. The van der Waals surface area contributed by atoms with Crippen LogP contribution in [-0.2, 0) is 4.79 Å². The summed E-state index contributed by atoms with van der Waals surface area (Å²) in [5, 5.41) is 9.51. The van der Waals surface area contributed by atoms with Crippen molar-refractivity contribution in [2.24, 2.45) is 5.41 Å². The third kappa shape index (κ3) is 2.49. The van der Waals surface area contributed by atoms with Gasteiger partial charge in [0.15, 0.2) is 0 Å². The second-order valence-corrected chi connectivity index (χ2v) is 5.29. The van der Waals surface area contributed by atoms with E-state index in [1.165, 1.54) is 0 Å². The van der Waals surface area contributed by atoms with Crippen molar-refractivity contribution in [1.82, 2.24) is 0 Å². The van der Waals surface area contributed by atoms with Crippen LogP contribution >= 0.6 is 0 Å². The Morgan fingerprint density at radius 2 is 1.95 bits per heavy atom. The lowest BCUT2D eigenvalue weighted by molar-refractivity contribution is -0.126. The Kier molecular flexibility index (Phi) is 4.29. The lowest BCUT2D eigenvalue weighted by atomic mass is 9.74. The van der Waals surface area contributed by atoms with Crippen LogP contribution in [-0.4, -0.2) is 20.1 Å². The third-order valence-electron chi connectivity index (χ3n) is 4.08. The largest absolute Gasteiger partial charge is 0.495 e. The van der Waals surface area contributed by atoms with Crippen molar-refractivity contribution in [3.05, 3.63) is 24.3 Å². The number of rotatable bonds is 3. The van der Waals surface area contributed by atoms with Gasteiger partial charge in [0.2, 0.25) is 5.91 Å². The highest BCUT2D eigenvalue weighted by Crippen LogP contribution is 2.39. The van der Waals surface area contributed by atoms with Gasteiger partial charge in [0.1, 0.15) is 11.2 Å². The molecule has 1 aliphatic carbocycles. The number of methoxy groups -OCH3 is 1.